The van der Waals surface area contributed by atoms with E-state index in [1.807, 2.05) is 25.1 Å². The van der Waals surface area contributed by atoms with Crippen LogP contribution in [0.3, 0.4) is 0 Å². The summed E-state index contributed by atoms with van der Waals surface area (Å²) >= 11 is 5.90. The second kappa shape index (κ2) is 5.35. The van der Waals surface area contributed by atoms with Crippen LogP contribution < -0.4 is 5.32 Å². The standard InChI is InChI=1S/C15H17ClN2O/c1-10-6-15(18-19-10)9-17-14-7-12(8-14)11-2-4-13(16)5-3-11/h2-6,12,14,17H,7-9H2,1H3. The number of benzene rings is 1. The third-order valence-electron chi connectivity index (χ3n) is 3.73. The first-order valence-electron chi connectivity index (χ1n) is 6.62. The number of nitrogens with zero attached hydrogens (tertiary/aromatic N) is 1. The average molecular weight is 277 g/mol. The number of aryl methyl sites for hydroxylation is 1. The second-order valence-corrected chi connectivity index (χ2v) is 5.66. The lowest BCUT2D eigenvalue weighted by Gasteiger charge is -2.36. The number of hydrogen-bond acceptors (Lipinski definition) is 3. The number of hydrogen-bond donors (Lipinski definition) is 1. The van der Waals surface area contributed by atoms with Crippen molar-refractivity contribution in [2.24, 2.45) is 0 Å². The SMILES string of the molecule is Cc1cc(CNC2CC(c3ccc(Cl)cc3)C2)no1. The van der Waals surface area contributed by atoms with Crippen LogP contribution in [0.25, 0.3) is 0 Å². The van der Waals surface area contributed by atoms with E-state index >= 15 is 0 Å². The lowest BCUT2D eigenvalue weighted by molar-refractivity contribution is 0.286. The Balaban J connectivity index is 1.46. The van der Waals surface area contributed by atoms with Crippen molar-refractivity contribution >= 4 is 11.6 Å². The van der Waals surface area contributed by atoms with E-state index in [1.165, 1.54) is 18.4 Å². The van der Waals surface area contributed by atoms with Crippen LogP contribution >= 0.6 is 11.6 Å². The smallest absolute Gasteiger partial charge is 0.133 e. The van der Waals surface area contributed by atoms with Crippen LogP contribution in [0, 0.1) is 6.92 Å². The minimum Gasteiger partial charge on any atom is -0.361 e. The minimum atomic E-state index is 0.581. The van der Waals surface area contributed by atoms with Crippen molar-refractivity contribution in [2.45, 2.75) is 38.3 Å². The maximum atomic E-state index is 5.90. The normalized spacial score (nSPS) is 22.2. The van der Waals surface area contributed by atoms with Gasteiger partial charge in [-0.3, -0.25) is 0 Å². The van der Waals surface area contributed by atoms with Gasteiger partial charge >= 0.3 is 0 Å². The van der Waals surface area contributed by atoms with Crippen molar-refractivity contribution in [2.75, 3.05) is 0 Å². The minimum absolute atomic E-state index is 0.581. The molecule has 19 heavy (non-hydrogen) atoms. The molecule has 0 atom stereocenters. The van der Waals surface area contributed by atoms with Gasteiger partial charge in [-0.05, 0) is 43.4 Å². The monoisotopic (exact) mass is 276 g/mol. The molecule has 2 aromatic rings. The molecule has 1 aliphatic rings. The zero-order valence-corrected chi connectivity index (χ0v) is 11.7. The lowest BCUT2D eigenvalue weighted by Crippen LogP contribution is -2.39. The Morgan fingerprint density at radius 1 is 1.32 bits per heavy atom. The first-order chi connectivity index (χ1) is 9.20. The van der Waals surface area contributed by atoms with E-state index in [1.54, 1.807) is 0 Å². The van der Waals surface area contributed by atoms with E-state index in [2.05, 4.69) is 22.6 Å². The summed E-state index contributed by atoms with van der Waals surface area (Å²) in [4.78, 5) is 0. The van der Waals surface area contributed by atoms with E-state index in [9.17, 15) is 0 Å². The second-order valence-electron chi connectivity index (χ2n) is 5.23. The van der Waals surface area contributed by atoms with Crippen molar-refractivity contribution < 1.29 is 4.52 Å². The fourth-order valence-electron chi connectivity index (χ4n) is 2.54. The Morgan fingerprint density at radius 2 is 2.05 bits per heavy atom. The number of rotatable bonds is 4. The summed E-state index contributed by atoms with van der Waals surface area (Å²) in [5, 5.41) is 8.30. The molecule has 0 saturated heterocycles. The predicted molar refractivity (Wildman–Crippen MR) is 75.3 cm³/mol. The zero-order chi connectivity index (χ0) is 13.2. The summed E-state index contributed by atoms with van der Waals surface area (Å²) in [5.74, 6) is 1.53. The Labute approximate surface area is 117 Å². The molecule has 0 unspecified atom stereocenters. The molecule has 1 fully saturated rings. The highest BCUT2D eigenvalue weighted by Crippen LogP contribution is 2.37. The van der Waals surface area contributed by atoms with Gasteiger partial charge in [-0.25, -0.2) is 0 Å². The highest BCUT2D eigenvalue weighted by Gasteiger charge is 2.29. The van der Waals surface area contributed by atoms with Crippen LogP contribution in [0.1, 0.15) is 35.8 Å². The average Bonchev–Trinajstić information content (AvgIpc) is 2.75. The first-order valence-corrected chi connectivity index (χ1v) is 6.99. The molecule has 0 amide bonds. The van der Waals surface area contributed by atoms with Gasteiger partial charge in [0.2, 0.25) is 0 Å². The molecule has 3 rings (SSSR count). The van der Waals surface area contributed by atoms with Gasteiger partial charge in [0.05, 0.1) is 5.69 Å². The zero-order valence-electron chi connectivity index (χ0n) is 10.9. The van der Waals surface area contributed by atoms with E-state index in [0.717, 1.165) is 23.0 Å². The predicted octanol–water partition coefficient (Wildman–Crippen LogP) is 3.67. The summed E-state index contributed by atoms with van der Waals surface area (Å²) < 4.78 is 5.05. The Kier molecular flexibility index (Phi) is 3.58. The van der Waals surface area contributed by atoms with Gasteiger partial charge in [-0.2, -0.15) is 0 Å². The fraction of sp³-hybridized carbons (Fsp3) is 0.400. The third-order valence-corrected chi connectivity index (χ3v) is 3.98. The Hall–Kier alpha value is -1.32. The van der Waals surface area contributed by atoms with Gasteiger partial charge in [0, 0.05) is 23.7 Å². The molecule has 1 saturated carbocycles. The summed E-state index contributed by atoms with van der Waals surface area (Å²) in [7, 11) is 0. The molecule has 0 aliphatic heterocycles. The quantitative estimate of drug-likeness (QED) is 0.926. The molecular weight excluding hydrogens is 260 g/mol. The highest BCUT2D eigenvalue weighted by atomic mass is 35.5. The van der Waals surface area contributed by atoms with Crippen LogP contribution in [-0.4, -0.2) is 11.2 Å². The van der Waals surface area contributed by atoms with E-state index < -0.39 is 0 Å². The first kappa shape index (κ1) is 12.7. The van der Waals surface area contributed by atoms with Crippen molar-refractivity contribution in [3.63, 3.8) is 0 Å². The van der Waals surface area contributed by atoms with Crippen molar-refractivity contribution in [3.05, 3.63) is 52.4 Å². The molecule has 1 aromatic heterocycles. The van der Waals surface area contributed by atoms with E-state index in [-0.39, 0.29) is 0 Å². The molecule has 1 aliphatic carbocycles. The highest BCUT2D eigenvalue weighted by molar-refractivity contribution is 6.30. The Bertz CT molecular complexity index is 544. The number of nitrogens with one attached hydrogen (secondary N) is 1. The van der Waals surface area contributed by atoms with Crippen LogP contribution in [0.4, 0.5) is 0 Å². The van der Waals surface area contributed by atoms with E-state index in [4.69, 9.17) is 16.1 Å². The van der Waals surface area contributed by atoms with Crippen molar-refractivity contribution in [3.8, 4) is 0 Å². The van der Waals surface area contributed by atoms with Gasteiger partial charge in [0.25, 0.3) is 0 Å². The fourth-order valence-corrected chi connectivity index (χ4v) is 2.67. The summed E-state index contributed by atoms with van der Waals surface area (Å²) in [6, 6.07) is 10.8. The third kappa shape index (κ3) is 2.99. The maximum absolute atomic E-state index is 5.90. The summed E-state index contributed by atoms with van der Waals surface area (Å²) in [6.45, 7) is 2.70. The van der Waals surface area contributed by atoms with E-state index in [0.29, 0.717) is 12.0 Å². The summed E-state index contributed by atoms with van der Waals surface area (Å²) in [6.07, 6.45) is 2.36. The van der Waals surface area contributed by atoms with Gasteiger partial charge in [0.1, 0.15) is 5.76 Å². The molecule has 3 nitrogen and oxygen atoms in total. The van der Waals surface area contributed by atoms with Gasteiger partial charge in [-0.15, -0.1) is 0 Å². The molecule has 1 aromatic carbocycles. The summed E-state index contributed by atoms with van der Waals surface area (Å²) in [5.41, 5.74) is 2.37. The number of halogens is 1. The molecule has 1 heterocycles. The largest absolute Gasteiger partial charge is 0.361 e. The molecule has 0 spiro atoms. The van der Waals surface area contributed by atoms with Crippen LogP contribution in [-0.2, 0) is 6.54 Å². The van der Waals surface area contributed by atoms with Gasteiger partial charge in [-0.1, -0.05) is 28.9 Å². The van der Waals surface area contributed by atoms with Crippen LogP contribution in [0.2, 0.25) is 5.02 Å². The van der Waals surface area contributed by atoms with Gasteiger partial charge < -0.3 is 9.84 Å². The lowest BCUT2D eigenvalue weighted by atomic mass is 9.76. The Morgan fingerprint density at radius 3 is 2.68 bits per heavy atom. The molecule has 0 bridgehead atoms. The maximum Gasteiger partial charge on any atom is 0.133 e. The molecular formula is C15H17ClN2O. The van der Waals surface area contributed by atoms with Crippen LogP contribution in [0.5, 0.6) is 0 Å². The molecule has 4 heteroatoms. The van der Waals surface area contributed by atoms with Crippen LogP contribution in [0.15, 0.2) is 34.9 Å². The molecule has 1 N–H and O–H groups in total. The molecule has 0 radical (unpaired) electrons. The molecule has 100 valence electrons. The van der Waals surface area contributed by atoms with Crippen molar-refractivity contribution in [1.29, 1.82) is 0 Å². The number of aromatic nitrogens is 1. The van der Waals surface area contributed by atoms with Gasteiger partial charge in [0.15, 0.2) is 0 Å². The van der Waals surface area contributed by atoms with Crippen molar-refractivity contribution in [1.82, 2.24) is 10.5 Å². The topological polar surface area (TPSA) is 38.1 Å².